The van der Waals surface area contributed by atoms with Gasteiger partial charge >= 0.3 is 5.97 Å². The van der Waals surface area contributed by atoms with Crippen molar-refractivity contribution in [2.45, 2.75) is 20.0 Å². The van der Waals surface area contributed by atoms with Gasteiger partial charge in [0.1, 0.15) is 5.75 Å². The second kappa shape index (κ2) is 6.07. The fourth-order valence-corrected chi connectivity index (χ4v) is 1.21. The van der Waals surface area contributed by atoms with Crippen LogP contribution in [0.5, 0.6) is 5.75 Å². The number of carboxylic acids is 1. The summed E-state index contributed by atoms with van der Waals surface area (Å²) in [6.45, 7) is 3.30. The second-order valence-corrected chi connectivity index (χ2v) is 3.44. The molecule has 5 heteroatoms. The fourth-order valence-electron chi connectivity index (χ4n) is 0.986. The van der Waals surface area contributed by atoms with E-state index in [1.807, 2.05) is 6.92 Å². The third kappa shape index (κ3) is 4.17. The first kappa shape index (κ1) is 14.4. The number of carbonyl (C=O) groups is 1. The predicted molar refractivity (Wildman–Crippen MR) is 59.7 cm³/mol. The van der Waals surface area contributed by atoms with Crippen LogP contribution in [0.25, 0.3) is 0 Å². The van der Waals surface area contributed by atoms with Crippen molar-refractivity contribution >= 4 is 36.4 Å². The van der Waals surface area contributed by atoms with Gasteiger partial charge in [-0.3, -0.25) is 0 Å². The molecule has 0 fully saturated rings. The van der Waals surface area contributed by atoms with E-state index in [1.165, 1.54) is 6.92 Å². The Morgan fingerprint density at radius 3 is 2.60 bits per heavy atom. The van der Waals surface area contributed by atoms with Gasteiger partial charge in [-0.05, 0) is 37.6 Å². The molecule has 15 heavy (non-hydrogen) atoms. The molecule has 0 saturated carbocycles. The van der Waals surface area contributed by atoms with Crippen molar-refractivity contribution in [1.82, 2.24) is 0 Å². The summed E-state index contributed by atoms with van der Waals surface area (Å²) in [6.07, 6.45) is -0.852. The SMILES string of the molecule is Cc1cc(Cl)ccc1OC(C)C(=O)O.[Li]. The number of aliphatic carboxylic acids is 1. The molecule has 1 rings (SSSR count). The van der Waals surface area contributed by atoms with Crippen molar-refractivity contribution in [3.8, 4) is 5.75 Å². The molecule has 1 aromatic rings. The van der Waals surface area contributed by atoms with E-state index in [1.54, 1.807) is 18.2 Å². The summed E-state index contributed by atoms with van der Waals surface area (Å²) >= 11 is 5.74. The molecule has 0 spiro atoms. The molecule has 77 valence electrons. The van der Waals surface area contributed by atoms with Crippen LogP contribution in [0.15, 0.2) is 18.2 Å². The van der Waals surface area contributed by atoms with Gasteiger partial charge in [0.15, 0.2) is 6.10 Å². The first-order chi connectivity index (χ1) is 6.50. The maximum absolute atomic E-state index is 10.5. The average molecular weight is 222 g/mol. The Bertz CT molecular complexity index is 355. The summed E-state index contributed by atoms with van der Waals surface area (Å²) in [5.74, 6) is -0.441. The van der Waals surface area contributed by atoms with Crippen molar-refractivity contribution in [2.75, 3.05) is 0 Å². The molecule has 0 aliphatic rings. The average Bonchev–Trinajstić information content (AvgIpc) is 2.09. The summed E-state index contributed by atoms with van der Waals surface area (Å²) in [7, 11) is 0. The zero-order valence-electron chi connectivity index (χ0n) is 8.95. The Kier molecular flexibility index (Phi) is 5.82. The number of hydrogen-bond donors (Lipinski definition) is 1. The van der Waals surface area contributed by atoms with Crippen LogP contribution < -0.4 is 4.74 Å². The molecule has 1 N–H and O–H groups in total. The Morgan fingerprint density at radius 2 is 2.13 bits per heavy atom. The maximum atomic E-state index is 10.5. The van der Waals surface area contributed by atoms with Gasteiger partial charge in [0.25, 0.3) is 0 Å². The number of hydrogen-bond acceptors (Lipinski definition) is 2. The van der Waals surface area contributed by atoms with Gasteiger partial charge < -0.3 is 9.84 Å². The molecule has 3 nitrogen and oxygen atoms in total. The second-order valence-electron chi connectivity index (χ2n) is 3.01. The standard InChI is InChI=1S/C10H11ClO3.Li/c1-6-5-8(11)3-4-9(6)14-7(2)10(12)13;/h3-5,7H,1-2H3,(H,12,13);. The third-order valence-electron chi connectivity index (χ3n) is 1.79. The third-order valence-corrected chi connectivity index (χ3v) is 2.02. The van der Waals surface area contributed by atoms with Gasteiger partial charge in [-0.25, -0.2) is 4.79 Å². The van der Waals surface area contributed by atoms with E-state index in [-0.39, 0.29) is 18.9 Å². The van der Waals surface area contributed by atoms with E-state index >= 15 is 0 Å². The molecule has 0 saturated heterocycles. The van der Waals surface area contributed by atoms with E-state index in [9.17, 15) is 4.79 Å². The van der Waals surface area contributed by atoms with E-state index in [2.05, 4.69) is 0 Å². The normalized spacial score (nSPS) is 11.4. The quantitative estimate of drug-likeness (QED) is 0.796. The van der Waals surface area contributed by atoms with Gasteiger partial charge in [-0.2, -0.15) is 0 Å². The van der Waals surface area contributed by atoms with E-state index in [4.69, 9.17) is 21.4 Å². The van der Waals surface area contributed by atoms with Crippen LogP contribution >= 0.6 is 11.6 Å². The van der Waals surface area contributed by atoms with Gasteiger partial charge in [-0.15, -0.1) is 0 Å². The first-order valence-electron chi connectivity index (χ1n) is 4.16. The van der Waals surface area contributed by atoms with Crippen LogP contribution in [-0.4, -0.2) is 36.0 Å². The Morgan fingerprint density at radius 1 is 1.53 bits per heavy atom. The molecule has 0 heterocycles. The molecule has 0 bridgehead atoms. The molecule has 0 amide bonds. The van der Waals surface area contributed by atoms with E-state index in [0.717, 1.165) is 5.56 Å². The number of halogens is 1. The number of benzene rings is 1. The van der Waals surface area contributed by atoms with Crippen LogP contribution in [0.3, 0.4) is 0 Å². The van der Waals surface area contributed by atoms with Crippen molar-refractivity contribution in [3.05, 3.63) is 28.8 Å². The summed E-state index contributed by atoms with van der Waals surface area (Å²) in [5.41, 5.74) is 0.825. The smallest absolute Gasteiger partial charge is 0.344 e. The molecule has 1 radical (unpaired) electrons. The van der Waals surface area contributed by atoms with Gasteiger partial charge in [0.2, 0.25) is 0 Å². The molecule has 0 aromatic heterocycles. The fraction of sp³-hybridized carbons (Fsp3) is 0.300. The molecule has 0 aliphatic carbocycles. The number of carboxylic acid groups (broad SMARTS) is 1. The van der Waals surface area contributed by atoms with Crippen LogP contribution in [0.4, 0.5) is 0 Å². The number of aryl methyl sites for hydroxylation is 1. The van der Waals surface area contributed by atoms with Crippen LogP contribution in [0, 0.1) is 6.92 Å². The van der Waals surface area contributed by atoms with Crippen LogP contribution in [0.2, 0.25) is 5.02 Å². The Labute approximate surface area is 106 Å². The van der Waals surface area contributed by atoms with Crippen molar-refractivity contribution in [1.29, 1.82) is 0 Å². The van der Waals surface area contributed by atoms with Crippen LogP contribution in [-0.2, 0) is 4.79 Å². The summed E-state index contributed by atoms with van der Waals surface area (Å²) in [5, 5.41) is 9.25. The largest absolute Gasteiger partial charge is 0.479 e. The Balaban J connectivity index is 0.00000196. The van der Waals surface area contributed by atoms with Crippen molar-refractivity contribution in [3.63, 3.8) is 0 Å². The minimum Gasteiger partial charge on any atom is -0.479 e. The number of rotatable bonds is 3. The first-order valence-corrected chi connectivity index (χ1v) is 4.54. The summed E-state index contributed by atoms with van der Waals surface area (Å²) in [4.78, 5) is 10.5. The van der Waals surface area contributed by atoms with Crippen molar-refractivity contribution < 1.29 is 14.6 Å². The number of ether oxygens (including phenoxy) is 1. The van der Waals surface area contributed by atoms with Gasteiger partial charge in [0.05, 0.1) is 0 Å². The molecular weight excluding hydrogens is 211 g/mol. The maximum Gasteiger partial charge on any atom is 0.344 e. The molecule has 0 aliphatic heterocycles. The summed E-state index contributed by atoms with van der Waals surface area (Å²) < 4.78 is 5.20. The van der Waals surface area contributed by atoms with Crippen LogP contribution in [0.1, 0.15) is 12.5 Å². The molecule has 1 unspecified atom stereocenters. The minimum atomic E-state index is -0.987. The monoisotopic (exact) mass is 221 g/mol. The van der Waals surface area contributed by atoms with Gasteiger partial charge in [-0.1, -0.05) is 11.6 Å². The van der Waals surface area contributed by atoms with E-state index < -0.39 is 12.1 Å². The predicted octanol–water partition coefficient (Wildman–Crippen LogP) is 2.12. The molecule has 1 atom stereocenters. The Hall–Kier alpha value is -0.623. The van der Waals surface area contributed by atoms with E-state index in [0.29, 0.717) is 10.8 Å². The zero-order chi connectivity index (χ0) is 10.7. The van der Waals surface area contributed by atoms with Crippen molar-refractivity contribution in [2.24, 2.45) is 0 Å². The molecule has 1 aromatic carbocycles. The zero-order valence-corrected chi connectivity index (χ0v) is 9.71. The minimum absolute atomic E-state index is 0. The summed E-state index contributed by atoms with van der Waals surface area (Å²) in [6, 6.07) is 5.06. The van der Waals surface area contributed by atoms with Gasteiger partial charge in [0, 0.05) is 23.9 Å². The topological polar surface area (TPSA) is 46.5 Å². The molecular formula is C10H11ClLiO3.